The van der Waals surface area contributed by atoms with Crippen molar-refractivity contribution in [3.8, 4) is 5.75 Å². The predicted molar refractivity (Wildman–Crippen MR) is 245 cm³/mol. The van der Waals surface area contributed by atoms with Gasteiger partial charge < -0.3 is 14.7 Å². The zero-order chi connectivity index (χ0) is 46.0. The third-order valence-electron chi connectivity index (χ3n) is 11.7. The van der Waals surface area contributed by atoms with Crippen LogP contribution < -0.4 is 14.2 Å². The maximum atomic E-state index is 12.2. The number of ether oxygens (including phenoxy) is 1. The summed E-state index contributed by atoms with van der Waals surface area (Å²) in [5, 5.41) is 9.76. The van der Waals surface area contributed by atoms with Crippen LogP contribution in [-0.4, -0.2) is 81.0 Å². The topological polar surface area (TPSA) is 212 Å². The second kappa shape index (κ2) is 19.1. The van der Waals surface area contributed by atoms with Gasteiger partial charge in [-0.15, -0.1) is 0 Å². The summed E-state index contributed by atoms with van der Waals surface area (Å²) in [4.78, 5) is 6.72. The number of aliphatic imine (C=N–C) groups is 1. The number of rotatable bonds is 18. The van der Waals surface area contributed by atoms with E-state index in [-0.39, 0.29) is 37.4 Å². The number of aromatic nitrogens is 1. The number of hydrogen-bond acceptors (Lipinski definition) is 10. The summed E-state index contributed by atoms with van der Waals surface area (Å²) in [6.07, 6.45) is 13.6. The first-order chi connectivity index (χ1) is 29.5. The number of aliphatic hydroxyl groups is 1. The molecule has 2 aromatic carbocycles. The quantitative estimate of drug-likeness (QED) is 0.0548. The number of pyridine rings is 1. The van der Waals surface area contributed by atoms with Gasteiger partial charge in [-0.25, -0.2) is 4.57 Å². The Labute approximate surface area is 375 Å². The molecule has 0 spiro atoms. The van der Waals surface area contributed by atoms with Crippen molar-refractivity contribution in [1.82, 2.24) is 0 Å². The summed E-state index contributed by atoms with van der Waals surface area (Å²) >= 11 is 6.56. The number of anilines is 1. The lowest BCUT2D eigenvalue weighted by atomic mass is 9.80. The minimum absolute atomic E-state index is 0.0748. The normalized spacial score (nSPS) is 18.7. The van der Waals surface area contributed by atoms with Gasteiger partial charge in [0, 0.05) is 36.4 Å². The molecule has 0 fully saturated rings. The van der Waals surface area contributed by atoms with Gasteiger partial charge in [0.15, 0.2) is 5.71 Å². The van der Waals surface area contributed by atoms with Crippen LogP contribution in [0, 0.1) is 0 Å². The van der Waals surface area contributed by atoms with Gasteiger partial charge >= 0.3 is 5.82 Å². The molecular weight excluding hydrogens is 890 g/mol. The summed E-state index contributed by atoms with van der Waals surface area (Å²) in [6.45, 7) is 8.95. The zero-order valence-corrected chi connectivity index (χ0v) is 39.0. The summed E-state index contributed by atoms with van der Waals surface area (Å²) < 4.78 is 108. The second-order valence-corrected chi connectivity index (χ2v) is 22.1. The van der Waals surface area contributed by atoms with E-state index in [0.29, 0.717) is 53.7 Å². The van der Waals surface area contributed by atoms with E-state index in [1.54, 1.807) is 12.3 Å². The lowest BCUT2D eigenvalue weighted by molar-refractivity contribution is -0.684. The molecule has 0 radical (unpaired) electrons. The second-order valence-electron chi connectivity index (χ2n) is 17.1. The van der Waals surface area contributed by atoms with Crippen molar-refractivity contribution in [2.45, 2.75) is 94.9 Å². The molecule has 340 valence electrons. The smallest absolute Gasteiger partial charge is 0.327 e. The minimum Gasteiger partial charge on any atom is -0.494 e. The highest BCUT2D eigenvalue weighted by molar-refractivity contribution is 7.86. The number of hydrogen-bond donors (Lipinski definition) is 4. The number of aryl methyl sites for hydroxylation is 1. The van der Waals surface area contributed by atoms with Gasteiger partial charge in [0.2, 0.25) is 0 Å². The highest BCUT2D eigenvalue weighted by atomic mass is 35.5. The highest BCUT2D eigenvalue weighted by Gasteiger charge is 2.43. The van der Waals surface area contributed by atoms with Gasteiger partial charge in [-0.05, 0) is 134 Å². The van der Waals surface area contributed by atoms with Crippen molar-refractivity contribution in [3.63, 3.8) is 0 Å². The lowest BCUT2D eigenvalue weighted by Crippen LogP contribution is -2.36. The van der Waals surface area contributed by atoms with E-state index in [1.165, 1.54) is 12.1 Å². The Bertz CT molecular complexity index is 2760. The van der Waals surface area contributed by atoms with Crippen molar-refractivity contribution in [1.29, 1.82) is 0 Å². The number of aliphatic hydroxyl groups excluding tert-OH is 1. The van der Waals surface area contributed by atoms with Crippen molar-refractivity contribution in [2.75, 3.05) is 36.2 Å². The molecule has 3 heterocycles. The Kier molecular flexibility index (Phi) is 14.6. The molecule has 18 heteroatoms. The Morgan fingerprint density at radius 2 is 1.57 bits per heavy atom. The number of benzene rings is 2. The van der Waals surface area contributed by atoms with Gasteiger partial charge in [0.1, 0.15) is 11.9 Å². The Balaban J connectivity index is 1.45. The standard InChI is InChI=1S/C45H54ClN3O11S3/c1-44(2)38-28-34(46)30-48(21-9-25-61(51,52)53)43(38)47-40(44)19-15-31-11-7-12-32(42(31)33-13-8-14-35(27-33)60-24-6-5-23-50)16-20-41-45(3,4)37-29-36(63(57,58)59)17-18-39(37)49(41)22-10-26-62(54,55)56/h8,13-20,27-30,50H,5-7,9-12,21-26H2,1-4H3,(H2-,51,52,53,54,55,56,57,58,59)/p+1. The van der Waals surface area contributed by atoms with E-state index in [4.69, 9.17) is 21.3 Å². The first-order valence-electron chi connectivity index (χ1n) is 20.8. The van der Waals surface area contributed by atoms with Crippen LogP contribution in [-0.2, 0) is 47.7 Å². The van der Waals surface area contributed by atoms with E-state index in [9.17, 15) is 44.0 Å². The first-order valence-corrected chi connectivity index (χ1v) is 25.8. The number of allylic oxidation sites excluding steroid dienone is 8. The Morgan fingerprint density at radius 1 is 0.841 bits per heavy atom. The number of fused-ring (bicyclic) bond motifs is 2. The van der Waals surface area contributed by atoms with E-state index in [1.807, 2.05) is 85.7 Å². The largest absolute Gasteiger partial charge is 0.494 e. The number of nitrogens with zero attached hydrogens (tertiary/aromatic N) is 3. The molecule has 1 aromatic heterocycles. The molecule has 2 aliphatic heterocycles. The average molecular weight is 946 g/mol. The Morgan fingerprint density at radius 3 is 2.27 bits per heavy atom. The van der Waals surface area contributed by atoms with Gasteiger partial charge in [-0.1, -0.05) is 49.7 Å². The first kappa shape index (κ1) is 48.3. The van der Waals surface area contributed by atoms with E-state index < -0.39 is 52.7 Å². The predicted octanol–water partition coefficient (Wildman–Crippen LogP) is 7.75. The molecule has 63 heavy (non-hydrogen) atoms. The summed E-state index contributed by atoms with van der Waals surface area (Å²) in [6, 6.07) is 14.1. The molecule has 3 aliphatic rings. The molecule has 0 amide bonds. The van der Waals surface area contributed by atoms with Crippen molar-refractivity contribution in [2.24, 2.45) is 4.99 Å². The van der Waals surface area contributed by atoms with Crippen LogP contribution in [0.5, 0.6) is 5.75 Å². The van der Waals surface area contributed by atoms with Gasteiger partial charge in [-0.2, -0.15) is 25.3 Å². The van der Waals surface area contributed by atoms with E-state index in [0.717, 1.165) is 52.1 Å². The fourth-order valence-electron chi connectivity index (χ4n) is 8.51. The van der Waals surface area contributed by atoms with Crippen LogP contribution in [0.2, 0.25) is 5.02 Å². The van der Waals surface area contributed by atoms with Crippen molar-refractivity contribution >= 4 is 64.7 Å². The van der Waals surface area contributed by atoms with Gasteiger partial charge in [0.25, 0.3) is 30.4 Å². The fourth-order valence-corrected chi connectivity index (χ4v) is 10.2. The SMILES string of the molecule is CC1(C)C(=CC=C2CCCC(C=CC3=Nc4c(cc(Cl)c[n+]4CCCS(=O)(=O)O)C3(C)C)=C2c2cccc(OCCCCO)c2)N(CCCS(=O)(=O)O)c2ccc(S(=O)(=O)O)cc21. The molecule has 6 rings (SSSR count). The molecule has 0 atom stereocenters. The number of halogens is 1. The Hall–Kier alpha value is -4.20. The van der Waals surface area contributed by atoms with E-state index >= 15 is 0 Å². The monoisotopic (exact) mass is 944 g/mol. The molecule has 0 saturated carbocycles. The summed E-state index contributed by atoms with van der Waals surface area (Å²) in [7, 11) is -12.9. The van der Waals surface area contributed by atoms with Crippen LogP contribution in [0.4, 0.5) is 11.5 Å². The average Bonchev–Trinajstić information content (AvgIpc) is 3.57. The fraction of sp³-hybridized carbons (Fsp3) is 0.422. The van der Waals surface area contributed by atoms with Gasteiger partial charge in [0.05, 0.1) is 45.6 Å². The molecule has 0 saturated heterocycles. The molecule has 3 aromatic rings. The van der Waals surface area contributed by atoms with Crippen LogP contribution in [0.1, 0.15) is 89.3 Å². The minimum atomic E-state index is -4.52. The van der Waals surface area contributed by atoms with Crippen molar-refractivity contribution in [3.05, 3.63) is 118 Å². The molecule has 0 bridgehead atoms. The van der Waals surface area contributed by atoms with Crippen LogP contribution in [0.3, 0.4) is 0 Å². The maximum absolute atomic E-state index is 12.2. The molecule has 4 N–H and O–H groups in total. The zero-order valence-electron chi connectivity index (χ0n) is 35.8. The molecular formula is C45H55ClN3O11S3+. The van der Waals surface area contributed by atoms with Crippen molar-refractivity contribution < 1.29 is 53.3 Å². The van der Waals surface area contributed by atoms with E-state index in [2.05, 4.69) is 6.08 Å². The summed E-state index contributed by atoms with van der Waals surface area (Å²) in [5.41, 5.74) is 6.27. The maximum Gasteiger partial charge on any atom is 0.327 e. The summed E-state index contributed by atoms with van der Waals surface area (Å²) in [5.74, 6) is 0.459. The lowest BCUT2D eigenvalue weighted by Gasteiger charge is -2.27. The third kappa shape index (κ3) is 11.6. The van der Waals surface area contributed by atoms with Crippen LogP contribution >= 0.6 is 11.6 Å². The van der Waals surface area contributed by atoms with Gasteiger partial charge in [-0.3, -0.25) is 13.7 Å². The number of unbranched alkanes of at least 4 members (excludes halogenated alkanes) is 1. The molecule has 1 aliphatic carbocycles. The third-order valence-corrected chi connectivity index (χ3v) is 14.4. The van der Waals surface area contributed by atoms with Crippen LogP contribution in [0.25, 0.3) is 5.57 Å². The molecule has 14 nitrogen and oxygen atoms in total. The molecule has 0 unspecified atom stereocenters. The van der Waals surface area contributed by atoms with Crippen LogP contribution in [0.15, 0.2) is 106 Å². The highest BCUT2D eigenvalue weighted by Crippen LogP contribution is 2.49.